The average Bonchev–Trinajstić information content (AvgIpc) is 2.42. The molecule has 0 bridgehead atoms. The molecule has 1 atom stereocenters. The summed E-state index contributed by atoms with van der Waals surface area (Å²) in [6, 6.07) is 0.357. The molecule has 0 spiro atoms. The summed E-state index contributed by atoms with van der Waals surface area (Å²) in [6.45, 7) is 6.22. The third kappa shape index (κ3) is 5.02. The first-order chi connectivity index (χ1) is 8.65. The number of thioether (sulfide) groups is 2. The largest absolute Gasteiger partial charge is 0.355 e. The third-order valence-corrected chi connectivity index (χ3v) is 6.48. The van der Waals surface area contributed by atoms with Crippen molar-refractivity contribution in [2.24, 2.45) is 0 Å². The fraction of sp³-hybridized carbons (Fsp3) is 0.923. The minimum Gasteiger partial charge on any atom is -0.355 e. The second kappa shape index (κ2) is 8.33. The SMILES string of the molecule is CCC(CC)(CNC(=O)CC1CSCCN1)SC. The van der Waals surface area contributed by atoms with Crippen molar-refractivity contribution in [2.45, 2.75) is 43.9 Å². The van der Waals surface area contributed by atoms with E-state index < -0.39 is 0 Å². The first-order valence-electron chi connectivity index (χ1n) is 6.78. The van der Waals surface area contributed by atoms with Crippen molar-refractivity contribution in [1.29, 1.82) is 0 Å². The molecule has 1 fully saturated rings. The molecular weight excluding hydrogens is 264 g/mol. The van der Waals surface area contributed by atoms with E-state index in [1.807, 2.05) is 23.5 Å². The predicted molar refractivity (Wildman–Crippen MR) is 83.6 cm³/mol. The van der Waals surface area contributed by atoms with E-state index in [4.69, 9.17) is 0 Å². The first-order valence-corrected chi connectivity index (χ1v) is 9.16. The van der Waals surface area contributed by atoms with Crippen LogP contribution in [0.4, 0.5) is 0 Å². The van der Waals surface area contributed by atoms with Gasteiger partial charge in [-0.1, -0.05) is 13.8 Å². The third-order valence-electron chi connectivity index (χ3n) is 3.76. The van der Waals surface area contributed by atoms with Crippen LogP contribution >= 0.6 is 23.5 Å². The molecule has 1 aliphatic rings. The van der Waals surface area contributed by atoms with Gasteiger partial charge in [-0.2, -0.15) is 23.5 Å². The Labute approximate surface area is 120 Å². The highest BCUT2D eigenvalue weighted by Gasteiger charge is 2.26. The molecule has 18 heavy (non-hydrogen) atoms. The number of rotatable bonds is 7. The molecule has 5 heteroatoms. The maximum Gasteiger partial charge on any atom is 0.221 e. The Morgan fingerprint density at radius 3 is 2.72 bits per heavy atom. The van der Waals surface area contributed by atoms with Crippen LogP contribution in [0.2, 0.25) is 0 Å². The van der Waals surface area contributed by atoms with Crippen LogP contribution in [0.5, 0.6) is 0 Å². The van der Waals surface area contributed by atoms with Gasteiger partial charge in [-0.15, -0.1) is 0 Å². The van der Waals surface area contributed by atoms with Crippen LogP contribution in [-0.2, 0) is 4.79 Å². The minimum absolute atomic E-state index is 0.190. The summed E-state index contributed by atoms with van der Waals surface area (Å²) in [6.07, 6.45) is 4.95. The van der Waals surface area contributed by atoms with Crippen molar-refractivity contribution in [3.05, 3.63) is 0 Å². The van der Waals surface area contributed by atoms with E-state index in [0.29, 0.717) is 12.5 Å². The van der Waals surface area contributed by atoms with Gasteiger partial charge < -0.3 is 10.6 Å². The highest BCUT2D eigenvalue weighted by molar-refractivity contribution is 8.00. The quantitative estimate of drug-likeness (QED) is 0.753. The van der Waals surface area contributed by atoms with Gasteiger partial charge in [0.25, 0.3) is 0 Å². The molecule has 1 heterocycles. The van der Waals surface area contributed by atoms with Gasteiger partial charge in [0.05, 0.1) is 0 Å². The first kappa shape index (κ1) is 16.2. The molecule has 1 unspecified atom stereocenters. The van der Waals surface area contributed by atoms with Gasteiger partial charge in [-0.25, -0.2) is 0 Å². The normalized spacial score (nSPS) is 20.7. The molecule has 2 N–H and O–H groups in total. The molecule has 1 amide bonds. The zero-order valence-electron chi connectivity index (χ0n) is 11.8. The fourth-order valence-electron chi connectivity index (χ4n) is 2.17. The minimum atomic E-state index is 0.190. The van der Waals surface area contributed by atoms with E-state index in [2.05, 4.69) is 30.7 Å². The van der Waals surface area contributed by atoms with Gasteiger partial charge in [-0.05, 0) is 19.1 Å². The van der Waals surface area contributed by atoms with E-state index >= 15 is 0 Å². The Bertz CT molecular complexity index is 243. The lowest BCUT2D eigenvalue weighted by Gasteiger charge is -2.30. The molecule has 0 aromatic carbocycles. The summed E-state index contributed by atoms with van der Waals surface area (Å²) in [5.41, 5.74) is 0. The molecule has 3 nitrogen and oxygen atoms in total. The van der Waals surface area contributed by atoms with Crippen LogP contribution < -0.4 is 10.6 Å². The lowest BCUT2D eigenvalue weighted by molar-refractivity contribution is -0.121. The summed E-state index contributed by atoms with van der Waals surface area (Å²) in [4.78, 5) is 11.9. The second-order valence-corrected chi connectivity index (χ2v) is 7.23. The Hall–Kier alpha value is 0.130. The summed E-state index contributed by atoms with van der Waals surface area (Å²) in [7, 11) is 0. The molecule has 0 radical (unpaired) electrons. The molecule has 1 saturated heterocycles. The van der Waals surface area contributed by atoms with Gasteiger partial charge in [0.15, 0.2) is 0 Å². The summed E-state index contributed by atoms with van der Waals surface area (Å²) < 4.78 is 0.213. The van der Waals surface area contributed by atoms with Crippen LogP contribution in [0.25, 0.3) is 0 Å². The maximum absolute atomic E-state index is 11.9. The van der Waals surface area contributed by atoms with Crippen molar-refractivity contribution in [1.82, 2.24) is 10.6 Å². The van der Waals surface area contributed by atoms with Crippen molar-refractivity contribution < 1.29 is 4.79 Å². The monoisotopic (exact) mass is 290 g/mol. The number of amides is 1. The van der Waals surface area contributed by atoms with Gasteiger partial charge in [0, 0.05) is 41.8 Å². The summed E-state index contributed by atoms with van der Waals surface area (Å²) in [5, 5.41) is 6.52. The lowest BCUT2D eigenvalue weighted by atomic mass is 10.0. The van der Waals surface area contributed by atoms with Gasteiger partial charge in [0.2, 0.25) is 5.91 Å². The van der Waals surface area contributed by atoms with Crippen LogP contribution in [-0.4, -0.2) is 47.5 Å². The molecule has 106 valence electrons. The molecule has 1 rings (SSSR count). The van der Waals surface area contributed by atoms with Crippen molar-refractivity contribution in [2.75, 3.05) is 30.9 Å². The molecule has 1 aliphatic heterocycles. The zero-order chi connectivity index (χ0) is 13.4. The van der Waals surface area contributed by atoms with Crippen LogP contribution in [0.15, 0.2) is 0 Å². The molecule has 0 aromatic rings. The number of carbonyl (C=O) groups is 1. The van der Waals surface area contributed by atoms with Gasteiger partial charge in [-0.3, -0.25) is 4.79 Å². The maximum atomic E-state index is 11.9. The van der Waals surface area contributed by atoms with E-state index in [1.165, 1.54) is 5.75 Å². The van der Waals surface area contributed by atoms with E-state index in [1.54, 1.807) is 0 Å². The van der Waals surface area contributed by atoms with Crippen LogP contribution in [0.3, 0.4) is 0 Å². The second-order valence-electron chi connectivity index (χ2n) is 4.80. The van der Waals surface area contributed by atoms with Gasteiger partial charge in [0.1, 0.15) is 0 Å². The van der Waals surface area contributed by atoms with Crippen LogP contribution in [0, 0.1) is 0 Å². The molecular formula is C13H26N2OS2. The number of hydrogen-bond acceptors (Lipinski definition) is 4. The standard InChI is InChI=1S/C13H26N2OS2/c1-4-13(5-2,17-3)10-15-12(16)8-11-9-18-7-6-14-11/h11,14H,4-10H2,1-3H3,(H,15,16). The Kier molecular flexibility index (Phi) is 7.49. The van der Waals surface area contributed by atoms with E-state index in [9.17, 15) is 4.79 Å². The van der Waals surface area contributed by atoms with Crippen molar-refractivity contribution in [3.8, 4) is 0 Å². The average molecular weight is 290 g/mol. The predicted octanol–water partition coefficient (Wildman–Crippen LogP) is 2.12. The fourth-order valence-corrected chi connectivity index (χ4v) is 3.91. The smallest absolute Gasteiger partial charge is 0.221 e. The molecule has 0 saturated carbocycles. The zero-order valence-corrected chi connectivity index (χ0v) is 13.4. The number of carbonyl (C=O) groups excluding carboxylic acids is 1. The Morgan fingerprint density at radius 2 is 2.22 bits per heavy atom. The molecule has 0 aromatic heterocycles. The Balaban J connectivity index is 2.30. The number of hydrogen-bond donors (Lipinski definition) is 2. The Morgan fingerprint density at radius 1 is 1.50 bits per heavy atom. The van der Waals surface area contributed by atoms with E-state index in [0.717, 1.165) is 31.7 Å². The summed E-state index contributed by atoms with van der Waals surface area (Å²) >= 11 is 3.81. The highest BCUT2D eigenvalue weighted by Crippen LogP contribution is 2.29. The van der Waals surface area contributed by atoms with Crippen LogP contribution in [0.1, 0.15) is 33.1 Å². The molecule has 0 aliphatic carbocycles. The lowest BCUT2D eigenvalue weighted by Crippen LogP contribution is -2.44. The van der Waals surface area contributed by atoms with E-state index in [-0.39, 0.29) is 10.7 Å². The van der Waals surface area contributed by atoms with Gasteiger partial charge >= 0.3 is 0 Å². The topological polar surface area (TPSA) is 41.1 Å². The highest BCUT2D eigenvalue weighted by atomic mass is 32.2. The van der Waals surface area contributed by atoms with Crippen molar-refractivity contribution >= 4 is 29.4 Å². The van der Waals surface area contributed by atoms with Crippen molar-refractivity contribution in [3.63, 3.8) is 0 Å². The summed E-state index contributed by atoms with van der Waals surface area (Å²) in [5.74, 6) is 2.41. The number of nitrogens with one attached hydrogen (secondary N) is 2.